The van der Waals surface area contributed by atoms with Crippen molar-refractivity contribution in [1.82, 2.24) is 16.0 Å². The highest BCUT2D eigenvalue weighted by Gasteiger charge is 2.14. The summed E-state index contributed by atoms with van der Waals surface area (Å²) in [5.41, 5.74) is 6.75. The third-order valence-electron chi connectivity index (χ3n) is 7.94. The van der Waals surface area contributed by atoms with E-state index in [-0.39, 0.29) is 30.6 Å². The highest BCUT2D eigenvalue weighted by molar-refractivity contribution is 6.04. The second-order valence-corrected chi connectivity index (χ2v) is 12.5. The molecule has 276 valence electrons. The number of nitrogens with zero attached hydrogens (tertiary/aromatic N) is 2. The van der Waals surface area contributed by atoms with E-state index in [9.17, 15) is 14.4 Å². The lowest BCUT2D eigenvalue weighted by molar-refractivity contribution is -0.462. The Morgan fingerprint density at radius 2 is 1.18 bits per heavy atom. The van der Waals surface area contributed by atoms with Crippen molar-refractivity contribution in [2.75, 3.05) is 85.8 Å². The van der Waals surface area contributed by atoms with Crippen molar-refractivity contribution in [3.63, 3.8) is 0 Å². The Morgan fingerprint density at radius 1 is 0.647 bits per heavy atom. The van der Waals surface area contributed by atoms with E-state index < -0.39 is 0 Å². The van der Waals surface area contributed by atoms with Crippen LogP contribution in [0.4, 0.5) is 5.69 Å². The highest BCUT2D eigenvalue weighted by Crippen LogP contribution is 2.32. The fraction of sp³-hybridized carbons (Fsp3) is 0.450. The van der Waals surface area contributed by atoms with Gasteiger partial charge in [-0.05, 0) is 71.5 Å². The Hall–Kier alpha value is -4.74. The number of rotatable bonds is 22. The minimum atomic E-state index is -0.239. The van der Waals surface area contributed by atoms with Crippen molar-refractivity contribution < 1.29 is 33.2 Å². The Labute approximate surface area is 303 Å². The van der Waals surface area contributed by atoms with E-state index in [1.807, 2.05) is 47.2 Å². The smallest absolute Gasteiger partial charge is 0.220 e. The van der Waals surface area contributed by atoms with Crippen LogP contribution in [0.2, 0.25) is 0 Å². The summed E-state index contributed by atoms with van der Waals surface area (Å²) in [5.74, 6) is 0.184. The zero-order valence-corrected chi connectivity index (χ0v) is 31.0. The van der Waals surface area contributed by atoms with Gasteiger partial charge in [0.05, 0.1) is 26.4 Å². The topological polar surface area (TPSA) is 121 Å². The lowest BCUT2D eigenvalue weighted by atomic mass is 9.90. The standard InChI is InChI=1S/C40H55N5O6/c1-6-26-49-29-30-50-28-25-43-39(48)22-21-38(47)42-24-23-41-37(46)8-7-27-51-36-19-13-33(14-20-36)40(31-9-15-34(16-10-31)44(2)3)32-11-17-35(18-12-32)45(4)5/h9-20H,6-8,21-30H2,1-5H3,(H2-,41,42,43,46,47,48)/p+1. The number of amides is 3. The van der Waals surface area contributed by atoms with Crippen LogP contribution in [0.3, 0.4) is 0 Å². The number of carbonyl (C=O) groups excluding carboxylic acids is 3. The molecule has 2 aromatic rings. The Kier molecular flexibility index (Phi) is 18.2. The third kappa shape index (κ3) is 15.4. The zero-order chi connectivity index (χ0) is 36.8. The molecule has 11 heteroatoms. The van der Waals surface area contributed by atoms with Crippen molar-refractivity contribution in [1.29, 1.82) is 0 Å². The number of hydrogen-bond donors (Lipinski definition) is 3. The number of allylic oxidation sites excluding steroid dienone is 5. The summed E-state index contributed by atoms with van der Waals surface area (Å²) in [6.45, 7) is 5.57. The van der Waals surface area contributed by atoms with Crippen molar-refractivity contribution in [3.8, 4) is 5.75 Å². The number of nitrogens with one attached hydrogen (secondary N) is 3. The molecule has 11 nitrogen and oxygen atoms in total. The zero-order valence-electron chi connectivity index (χ0n) is 31.0. The second-order valence-electron chi connectivity index (χ2n) is 12.5. The number of carbonyl (C=O) groups is 3. The average molecular weight is 703 g/mol. The number of hydrogen-bond acceptors (Lipinski definition) is 7. The van der Waals surface area contributed by atoms with Crippen LogP contribution in [0.15, 0.2) is 78.4 Å². The summed E-state index contributed by atoms with van der Waals surface area (Å²) < 4.78 is 18.7. The van der Waals surface area contributed by atoms with Crippen LogP contribution in [-0.2, 0) is 23.9 Å². The molecule has 0 fully saturated rings. The van der Waals surface area contributed by atoms with Crippen LogP contribution in [0.25, 0.3) is 5.57 Å². The molecule has 0 saturated carbocycles. The molecule has 0 saturated heterocycles. The summed E-state index contributed by atoms with van der Waals surface area (Å²) in [4.78, 5) is 38.3. The van der Waals surface area contributed by atoms with Gasteiger partial charge in [-0.3, -0.25) is 14.4 Å². The maximum Gasteiger partial charge on any atom is 0.220 e. The molecule has 51 heavy (non-hydrogen) atoms. The molecule has 3 N–H and O–H groups in total. The molecule has 0 spiro atoms. The van der Waals surface area contributed by atoms with E-state index in [1.165, 1.54) is 0 Å². The lowest BCUT2D eigenvalue weighted by Gasteiger charge is -2.17. The van der Waals surface area contributed by atoms with Crippen LogP contribution in [0.5, 0.6) is 5.75 Å². The molecule has 1 aliphatic carbocycles. The van der Waals surface area contributed by atoms with Gasteiger partial charge in [-0.1, -0.05) is 31.2 Å². The summed E-state index contributed by atoms with van der Waals surface area (Å²) in [6, 6.07) is 16.6. The first-order valence-corrected chi connectivity index (χ1v) is 17.8. The van der Waals surface area contributed by atoms with Gasteiger partial charge in [0.15, 0.2) is 5.71 Å². The minimum absolute atomic E-state index is 0.0803. The maximum absolute atomic E-state index is 12.3. The molecule has 0 unspecified atom stereocenters. The van der Waals surface area contributed by atoms with Gasteiger partial charge in [0.25, 0.3) is 0 Å². The Balaban J connectivity index is 1.35. The summed E-state index contributed by atoms with van der Waals surface area (Å²) in [7, 11) is 8.14. The molecular formula is C40H56N5O6+. The predicted molar refractivity (Wildman–Crippen MR) is 204 cm³/mol. The molecule has 1 aliphatic rings. The van der Waals surface area contributed by atoms with E-state index in [4.69, 9.17) is 14.2 Å². The first-order chi connectivity index (χ1) is 24.7. The summed E-state index contributed by atoms with van der Waals surface area (Å²) in [5, 5.41) is 8.26. The van der Waals surface area contributed by atoms with Crippen LogP contribution in [0, 0.1) is 0 Å². The lowest BCUT2D eigenvalue weighted by Crippen LogP contribution is -2.35. The monoisotopic (exact) mass is 702 g/mol. The number of benzene rings is 2. The van der Waals surface area contributed by atoms with E-state index in [0.717, 1.165) is 45.8 Å². The van der Waals surface area contributed by atoms with Gasteiger partial charge < -0.3 is 35.1 Å². The Bertz CT molecular complexity index is 1510. The van der Waals surface area contributed by atoms with Crippen molar-refractivity contribution in [2.24, 2.45) is 0 Å². The Morgan fingerprint density at radius 3 is 1.73 bits per heavy atom. The predicted octanol–water partition coefficient (Wildman–Crippen LogP) is 4.12. The van der Waals surface area contributed by atoms with Gasteiger partial charge in [-0.15, -0.1) is 0 Å². The largest absolute Gasteiger partial charge is 0.494 e. The molecule has 3 rings (SSSR count). The van der Waals surface area contributed by atoms with Crippen molar-refractivity contribution in [2.45, 2.75) is 39.0 Å². The van der Waals surface area contributed by atoms with Crippen molar-refractivity contribution in [3.05, 3.63) is 89.5 Å². The molecule has 0 heterocycles. The summed E-state index contributed by atoms with van der Waals surface area (Å²) >= 11 is 0. The first-order valence-electron chi connectivity index (χ1n) is 17.8. The van der Waals surface area contributed by atoms with Gasteiger partial charge in [0.1, 0.15) is 19.8 Å². The van der Waals surface area contributed by atoms with Crippen LogP contribution in [-0.4, -0.2) is 109 Å². The summed E-state index contributed by atoms with van der Waals surface area (Å²) in [6.07, 6.45) is 10.6. The van der Waals surface area contributed by atoms with Gasteiger partial charge >= 0.3 is 0 Å². The van der Waals surface area contributed by atoms with Crippen LogP contribution in [0.1, 0.15) is 50.2 Å². The average Bonchev–Trinajstić information content (AvgIpc) is 3.13. The number of ether oxygens (including phenoxy) is 3. The molecule has 0 atom stereocenters. The second kappa shape index (κ2) is 22.9. The molecule has 0 radical (unpaired) electrons. The maximum atomic E-state index is 12.3. The molecule has 2 aromatic carbocycles. The quantitative estimate of drug-likeness (QED) is 0.125. The van der Waals surface area contributed by atoms with Gasteiger partial charge in [0, 0.05) is 77.4 Å². The molecule has 3 amide bonds. The van der Waals surface area contributed by atoms with Gasteiger partial charge in [-0.2, -0.15) is 0 Å². The third-order valence-corrected chi connectivity index (χ3v) is 7.94. The highest BCUT2D eigenvalue weighted by atomic mass is 16.5. The van der Waals surface area contributed by atoms with E-state index in [2.05, 4.69) is 86.1 Å². The fourth-order valence-corrected chi connectivity index (χ4v) is 5.12. The first kappa shape index (κ1) is 40.7. The molecule has 0 aliphatic heterocycles. The van der Waals surface area contributed by atoms with Gasteiger partial charge in [-0.25, -0.2) is 4.58 Å². The van der Waals surface area contributed by atoms with E-state index >= 15 is 0 Å². The van der Waals surface area contributed by atoms with Crippen molar-refractivity contribution >= 4 is 34.7 Å². The van der Waals surface area contributed by atoms with E-state index in [0.29, 0.717) is 65.5 Å². The molecule has 0 bridgehead atoms. The molecule has 0 aromatic heterocycles. The van der Waals surface area contributed by atoms with Crippen LogP contribution < -0.4 is 25.6 Å². The fourth-order valence-electron chi connectivity index (χ4n) is 5.12. The molecular weight excluding hydrogens is 646 g/mol. The van der Waals surface area contributed by atoms with E-state index in [1.54, 1.807) is 0 Å². The minimum Gasteiger partial charge on any atom is -0.494 e. The normalized spacial score (nSPS) is 12.0. The SMILES string of the molecule is CCCOCCOCCNC(=O)CCC(=O)NCCNC(=O)CCCOc1ccc(C(=C2C=CC(=[N+](C)C)C=C2)c2ccc(N(C)C)cc2)cc1. The van der Waals surface area contributed by atoms with Crippen LogP contribution >= 0.6 is 0 Å². The number of anilines is 1. The van der Waals surface area contributed by atoms with Gasteiger partial charge in [0.2, 0.25) is 17.7 Å².